The Morgan fingerprint density at radius 2 is 1.79 bits per heavy atom. The molecule has 0 unspecified atom stereocenters. The number of aromatic nitrogens is 1. The molecule has 1 aromatic heterocycles. The number of pyridine rings is 1. The van der Waals surface area contributed by atoms with Crippen LogP contribution < -0.4 is 9.64 Å². The number of likely N-dealkylation sites (tertiary alicyclic amines) is 1. The zero-order chi connectivity index (χ0) is 16.9. The minimum Gasteiger partial charge on any atom is -0.490 e. The average molecular weight is 325 g/mol. The van der Waals surface area contributed by atoms with E-state index in [1.165, 1.54) is 11.1 Å². The molecule has 0 bridgehead atoms. The monoisotopic (exact) mass is 325 g/mol. The normalized spacial score (nSPS) is 16.1. The lowest BCUT2D eigenvalue weighted by atomic mass is 10.1. The van der Waals surface area contributed by atoms with Crippen LogP contribution in [0.15, 0.2) is 42.6 Å². The van der Waals surface area contributed by atoms with Gasteiger partial charge >= 0.3 is 0 Å². The largest absolute Gasteiger partial charge is 0.490 e. The van der Waals surface area contributed by atoms with Gasteiger partial charge in [-0.15, -0.1) is 0 Å². The van der Waals surface area contributed by atoms with Crippen molar-refractivity contribution < 1.29 is 4.74 Å². The van der Waals surface area contributed by atoms with Gasteiger partial charge < -0.3 is 9.64 Å². The molecule has 1 aliphatic rings. The third-order valence-corrected chi connectivity index (χ3v) is 4.53. The van der Waals surface area contributed by atoms with Gasteiger partial charge in [0.1, 0.15) is 17.7 Å². The molecule has 0 radical (unpaired) electrons. The van der Waals surface area contributed by atoms with Crippen LogP contribution in [0.3, 0.4) is 0 Å². The van der Waals surface area contributed by atoms with E-state index in [-0.39, 0.29) is 0 Å². The summed E-state index contributed by atoms with van der Waals surface area (Å²) in [4.78, 5) is 9.01. The molecule has 2 heterocycles. The average Bonchev–Trinajstić information content (AvgIpc) is 2.59. The van der Waals surface area contributed by atoms with Gasteiger partial charge in [0.15, 0.2) is 0 Å². The topological polar surface area (TPSA) is 28.6 Å². The molecule has 2 aromatic rings. The fourth-order valence-electron chi connectivity index (χ4n) is 3.03. The van der Waals surface area contributed by atoms with Crippen molar-refractivity contribution in [3.05, 3.63) is 53.7 Å². The SMILES string of the molecule is Cc1ccc(OC2CCN(Cc3ccc(N(C)C)nc3)CC2)cc1. The summed E-state index contributed by atoms with van der Waals surface area (Å²) >= 11 is 0. The summed E-state index contributed by atoms with van der Waals surface area (Å²) in [5, 5.41) is 0. The van der Waals surface area contributed by atoms with Crippen LogP contribution >= 0.6 is 0 Å². The number of piperidine rings is 1. The first-order valence-electron chi connectivity index (χ1n) is 8.68. The Kier molecular flexibility index (Phi) is 5.36. The van der Waals surface area contributed by atoms with E-state index in [1.807, 2.05) is 25.2 Å². The predicted molar refractivity (Wildman–Crippen MR) is 98.7 cm³/mol. The van der Waals surface area contributed by atoms with Crippen molar-refractivity contribution in [2.24, 2.45) is 0 Å². The van der Waals surface area contributed by atoms with Gasteiger partial charge in [0.2, 0.25) is 0 Å². The van der Waals surface area contributed by atoms with E-state index >= 15 is 0 Å². The molecule has 0 atom stereocenters. The molecule has 128 valence electrons. The van der Waals surface area contributed by atoms with E-state index in [1.54, 1.807) is 0 Å². The number of hydrogen-bond acceptors (Lipinski definition) is 4. The molecule has 4 nitrogen and oxygen atoms in total. The number of hydrogen-bond donors (Lipinski definition) is 0. The Morgan fingerprint density at radius 1 is 1.08 bits per heavy atom. The summed E-state index contributed by atoms with van der Waals surface area (Å²) in [6.45, 7) is 5.22. The highest BCUT2D eigenvalue weighted by Gasteiger charge is 2.20. The first-order chi connectivity index (χ1) is 11.6. The van der Waals surface area contributed by atoms with Gasteiger partial charge in [0.25, 0.3) is 0 Å². The minimum atomic E-state index is 0.332. The molecule has 1 aliphatic heterocycles. The number of rotatable bonds is 5. The van der Waals surface area contributed by atoms with Crippen molar-refractivity contribution in [3.8, 4) is 5.75 Å². The molecule has 0 aliphatic carbocycles. The second kappa shape index (κ2) is 7.67. The molecule has 24 heavy (non-hydrogen) atoms. The Bertz CT molecular complexity index is 629. The Hall–Kier alpha value is -2.07. The van der Waals surface area contributed by atoms with Crippen LogP contribution in [-0.4, -0.2) is 43.2 Å². The quantitative estimate of drug-likeness (QED) is 0.841. The number of benzene rings is 1. The molecular formula is C20H27N3O. The maximum absolute atomic E-state index is 6.11. The standard InChI is InChI=1S/C20H27N3O/c1-16-4-7-18(8-5-16)24-19-10-12-23(13-11-19)15-17-6-9-20(21-14-17)22(2)3/h4-9,14,19H,10-13,15H2,1-3H3. The van der Waals surface area contributed by atoms with Crippen molar-refractivity contribution in [2.75, 3.05) is 32.1 Å². The summed E-state index contributed by atoms with van der Waals surface area (Å²) in [5.41, 5.74) is 2.55. The van der Waals surface area contributed by atoms with E-state index in [9.17, 15) is 0 Å². The summed E-state index contributed by atoms with van der Waals surface area (Å²) < 4.78 is 6.11. The smallest absolute Gasteiger partial charge is 0.127 e. The van der Waals surface area contributed by atoms with Crippen molar-refractivity contribution in [1.82, 2.24) is 9.88 Å². The van der Waals surface area contributed by atoms with Crippen LogP contribution in [0.1, 0.15) is 24.0 Å². The summed E-state index contributed by atoms with van der Waals surface area (Å²) in [6, 6.07) is 12.6. The molecule has 0 saturated carbocycles. The van der Waals surface area contributed by atoms with Gasteiger partial charge in [-0.2, -0.15) is 0 Å². The third-order valence-electron chi connectivity index (χ3n) is 4.53. The van der Waals surface area contributed by atoms with Crippen LogP contribution in [0, 0.1) is 6.92 Å². The van der Waals surface area contributed by atoms with Gasteiger partial charge in [-0.1, -0.05) is 23.8 Å². The minimum absolute atomic E-state index is 0.332. The second-order valence-electron chi connectivity index (χ2n) is 6.83. The molecular weight excluding hydrogens is 298 g/mol. The van der Waals surface area contributed by atoms with Gasteiger partial charge in [0, 0.05) is 39.9 Å². The zero-order valence-corrected chi connectivity index (χ0v) is 14.9. The maximum atomic E-state index is 6.11. The molecule has 4 heteroatoms. The van der Waals surface area contributed by atoms with Gasteiger partial charge in [-0.3, -0.25) is 4.90 Å². The number of ether oxygens (including phenoxy) is 1. The zero-order valence-electron chi connectivity index (χ0n) is 14.9. The Labute approximate surface area is 145 Å². The fourth-order valence-corrected chi connectivity index (χ4v) is 3.03. The van der Waals surface area contributed by atoms with Crippen LogP contribution in [0.5, 0.6) is 5.75 Å². The van der Waals surface area contributed by atoms with E-state index < -0.39 is 0 Å². The van der Waals surface area contributed by atoms with E-state index in [0.29, 0.717) is 6.10 Å². The lowest BCUT2D eigenvalue weighted by Crippen LogP contribution is -2.37. The third kappa shape index (κ3) is 4.48. The molecule has 1 aromatic carbocycles. The lowest BCUT2D eigenvalue weighted by Gasteiger charge is -2.32. The molecule has 0 spiro atoms. The fraction of sp³-hybridized carbons (Fsp3) is 0.450. The summed E-state index contributed by atoms with van der Waals surface area (Å²) in [7, 11) is 4.03. The van der Waals surface area contributed by atoms with Gasteiger partial charge in [-0.05, 0) is 43.5 Å². The van der Waals surface area contributed by atoms with E-state index in [2.05, 4.69) is 53.2 Å². The number of aryl methyl sites for hydroxylation is 1. The van der Waals surface area contributed by atoms with Gasteiger partial charge in [-0.25, -0.2) is 4.98 Å². The van der Waals surface area contributed by atoms with Crippen LogP contribution in [0.2, 0.25) is 0 Å². The summed E-state index contributed by atoms with van der Waals surface area (Å²) in [6.07, 6.45) is 4.48. The molecule has 1 fully saturated rings. The molecule has 0 N–H and O–H groups in total. The highest BCUT2D eigenvalue weighted by atomic mass is 16.5. The lowest BCUT2D eigenvalue weighted by molar-refractivity contribution is 0.0967. The second-order valence-corrected chi connectivity index (χ2v) is 6.83. The molecule has 3 rings (SSSR count). The van der Waals surface area contributed by atoms with Crippen molar-refractivity contribution in [1.29, 1.82) is 0 Å². The first kappa shape index (κ1) is 16.8. The van der Waals surface area contributed by atoms with Crippen LogP contribution in [0.25, 0.3) is 0 Å². The maximum Gasteiger partial charge on any atom is 0.127 e. The van der Waals surface area contributed by atoms with Crippen LogP contribution in [0.4, 0.5) is 5.82 Å². The van der Waals surface area contributed by atoms with Crippen LogP contribution in [-0.2, 0) is 6.54 Å². The number of nitrogens with zero attached hydrogens (tertiary/aromatic N) is 3. The first-order valence-corrected chi connectivity index (χ1v) is 8.68. The van der Waals surface area contributed by atoms with Crippen molar-refractivity contribution in [2.45, 2.75) is 32.4 Å². The van der Waals surface area contributed by atoms with E-state index in [0.717, 1.165) is 44.0 Å². The van der Waals surface area contributed by atoms with Gasteiger partial charge in [0.05, 0.1) is 0 Å². The predicted octanol–water partition coefficient (Wildman–Crippen LogP) is 3.50. The molecule has 1 saturated heterocycles. The Morgan fingerprint density at radius 3 is 2.38 bits per heavy atom. The van der Waals surface area contributed by atoms with E-state index in [4.69, 9.17) is 4.74 Å². The Balaban J connectivity index is 1.47. The highest BCUT2D eigenvalue weighted by molar-refractivity contribution is 5.37. The van der Waals surface area contributed by atoms with Crippen molar-refractivity contribution >= 4 is 5.82 Å². The summed E-state index contributed by atoms with van der Waals surface area (Å²) in [5.74, 6) is 1.99. The van der Waals surface area contributed by atoms with Crippen molar-refractivity contribution in [3.63, 3.8) is 0 Å². The molecule has 0 amide bonds. The number of anilines is 1. The highest BCUT2D eigenvalue weighted by Crippen LogP contribution is 2.20.